The van der Waals surface area contributed by atoms with Gasteiger partial charge in [0.05, 0.1) is 13.2 Å². The largest absolute Gasteiger partial charge is 0.465 e. The molecule has 0 saturated heterocycles. The van der Waals surface area contributed by atoms with E-state index in [0.29, 0.717) is 18.4 Å². The van der Waals surface area contributed by atoms with Crippen molar-refractivity contribution in [3.05, 3.63) is 65.7 Å². The first-order valence-corrected chi connectivity index (χ1v) is 10.8. The average molecular weight is 400 g/mol. The van der Waals surface area contributed by atoms with E-state index in [0.717, 1.165) is 13.0 Å². The zero-order valence-corrected chi connectivity index (χ0v) is 18.6. The number of carbonyl (C=O) groups is 1. The molecule has 0 aromatic heterocycles. The van der Waals surface area contributed by atoms with Crippen LogP contribution in [0.1, 0.15) is 50.5 Å². The fourth-order valence-corrected chi connectivity index (χ4v) is 4.14. The molecule has 0 aliphatic carbocycles. The molecule has 0 N–H and O–H groups in total. The summed E-state index contributed by atoms with van der Waals surface area (Å²) in [6, 6.07) is 19.5. The van der Waals surface area contributed by atoms with E-state index in [-0.39, 0.29) is 11.4 Å². The number of carbonyl (C=O) groups excluding carboxylic acids is 1. The molecule has 0 bridgehead atoms. The second kappa shape index (κ2) is 10.7. The summed E-state index contributed by atoms with van der Waals surface area (Å²) in [4.78, 5) is 15.0. The zero-order valence-electron chi connectivity index (χ0n) is 17.8. The Kier molecular flexibility index (Phi) is 8.58. The predicted molar refractivity (Wildman–Crippen MR) is 119 cm³/mol. The summed E-state index contributed by atoms with van der Waals surface area (Å²) in [5.41, 5.74) is 2.83. The van der Waals surface area contributed by atoms with Crippen molar-refractivity contribution < 1.29 is 9.53 Å². The molecule has 4 heteroatoms. The van der Waals surface area contributed by atoms with Crippen LogP contribution in [-0.4, -0.2) is 37.6 Å². The van der Waals surface area contributed by atoms with Crippen LogP contribution < -0.4 is 0 Å². The minimum atomic E-state index is -0.160. The number of likely N-dealkylation sites (N-methyl/N-ethyl adjacent to an activating group) is 1. The minimum absolute atomic E-state index is 0.160. The first-order chi connectivity index (χ1) is 13.3. The van der Waals surface area contributed by atoms with E-state index in [2.05, 4.69) is 75.4 Å². The van der Waals surface area contributed by atoms with E-state index in [1.165, 1.54) is 16.0 Å². The summed E-state index contributed by atoms with van der Waals surface area (Å²) < 4.78 is 5.05. The molecule has 0 spiro atoms. The zero-order chi connectivity index (χ0) is 20.6. The van der Waals surface area contributed by atoms with Gasteiger partial charge in [0.25, 0.3) is 0 Å². The van der Waals surface area contributed by atoms with Crippen LogP contribution >= 0.6 is 11.8 Å². The molecule has 1 unspecified atom stereocenters. The van der Waals surface area contributed by atoms with Crippen LogP contribution in [0.3, 0.4) is 0 Å². The molecule has 152 valence electrons. The molecule has 3 nitrogen and oxygen atoms in total. The van der Waals surface area contributed by atoms with Crippen LogP contribution in [0, 0.1) is 0 Å². The molecule has 2 rings (SSSR count). The smallest absolute Gasteiger partial charge is 0.320 e. The highest BCUT2D eigenvalue weighted by atomic mass is 32.2. The van der Waals surface area contributed by atoms with Gasteiger partial charge >= 0.3 is 5.97 Å². The molecule has 0 aliphatic rings. The Morgan fingerprint density at radius 3 is 2.29 bits per heavy atom. The maximum Gasteiger partial charge on any atom is 0.320 e. The Hall–Kier alpha value is -1.78. The number of thioether (sulfide) groups is 1. The summed E-state index contributed by atoms with van der Waals surface area (Å²) in [5.74, 6) is -0.160. The van der Waals surface area contributed by atoms with Crippen molar-refractivity contribution in [1.29, 1.82) is 0 Å². The fraction of sp³-hybridized carbons (Fsp3) is 0.458. The minimum Gasteiger partial charge on any atom is -0.465 e. The highest BCUT2D eigenvalue weighted by Gasteiger charge is 2.17. The van der Waals surface area contributed by atoms with Crippen molar-refractivity contribution in [2.24, 2.45) is 0 Å². The highest BCUT2D eigenvalue weighted by Crippen LogP contribution is 2.38. The van der Waals surface area contributed by atoms with E-state index in [4.69, 9.17) is 4.74 Å². The maximum absolute atomic E-state index is 11.7. The van der Waals surface area contributed by atoms with Crippen LogP contribution in [0.5, 0.6) is 0 Å². The van der Waals surface area contributed by atoms with Gasteiger partial charge in [-0.25, -0.2) is 0 Å². The second-order valence-electron chi connectivity index (χ2n) is 8.12. The Morgan fingerprint density at radius 2 is 1.71 bits per heavy atom. The predicted octanol–water partition coefficient (Wildman–Crippen LogP) is 5.70. The maximum atomic E-state index is 11.7. The number of rotatable bonds is 9. The van der Waals surface area contributed by atoms with Crippen molar-refractivity contribution >= 4 is 17.7 Å². The first kappa shape index (κ1) is 22.5. The Balaban J connectivity index is 2.05. The molecule has 0 aliphatic heterocycles. The van der Waals surface area contributed by atoms with Crippen LogP contribution in [0.2, 0.25) is 0 Å². The Morgan fingerprint density at radius 1 is 1.07 bits per heavy atom. The lowest BCUT2D eigenvalue weighted by Gasteiger charge is -2.22. The Labute approximate surface area is 174 Å². The molecular formula is C24H33NO2S. The Bertz CT molecular complexity index is 723. The third-order valence-electron chi connectivity index (χ3n) is 4.65. The quantitative estimate of drug-likeness (QED) is 0.399. The SMILES string of the molecule is CCOC(=O)CN(C)CCC(Sc1ccc(C(C)(C)C)cc1)c1ccccc1. The molecule has 1 atom stereocenters. The topological polar surface area (TPSA) is 29.5 Å². The van der Waals surface area contributed by atoms with Gasteiger partial charge in [0.15, 0.2) is 0 Å². The molecule has 0 radical (unpaired) electrons. The number of hydrogen-bond donors (Lipinski definition) is 0. The van der Waals surface area contributed by atoms with E-state index in [9.17, 15) is 4.79 Å². The van der Waals surface area contributed by atoms with Crippen LogP contribution in [0.25, 0.3) is 0 Å². The molecule has 0 heterocycles. The molecule has 28 heavy (non-hydrogen) atoms. The van der Waals surface area contributed by atoms with Gasteiger partial charge in [0.2, 0.25) is 0 Å². The van der Waals surface area contributed by atoms with Gasteiger partial charge in [-0.2, -0.15) is 0 Å². The van der Waals surface area contributed by atoms with Gasteiger partial charge in [-0.3, -0.25) is 9.69 Å². The molecule has 2 aromatic rings. The summed E-state index contributed by atoms with van der Waals surface area (Å²) in [7, 11) is 1.97. The van der Waals surface area contributed by atoms with Crippen LogP contribution in [0.4, 0.5) is 0 Å². The summed E-state index contributed by atoms with van der Waals surface area (Å²) in [5, 5.41) is 0.339. The summed E-state index contributed by atoms with van der Waals surface area (Å²) in [6.07, 6.45) is 0.964. The van der Waals surface area contributed by atoms with Crippen molar-refractivity contribution in [3.8, 4) is 0 Å². The third kappa shape index (κ3) is 7.33. The van der Waals surface area contributed by atoms with Gasteiger partial charge < -0.3 is 4.74 Å². The lowest BCUT2D eigenvalue weighted by Crippen LogP contribution is -2.28. The fourth-order valence-electron chi connectivity index (χ4n) is 3.00. The van der Waals surface area contributed by atoms with Crippen molar-refractivity contribution in [3.63, 3.8) is 0 Å². The van der Waals surface area contributed by atoms with Gasteiger partial charge in [-0.15, -0.1) is 11.8 Å². The number of esters is 1. The number of benzene rings is 2. The summed E-state index contributed by atoms with van der Waals surface area (Å²) >= 11 is 1.89. The van der Waals surface area contributed by atoms with Crippen LogP contribution in [0.15, 0.2) is 59.5 Å². The van der Waals surface area contributed by atoms with Crippen LogP contribution in [-0.2, 0) is 14.9 Å². The summed E-state index contributed by atoms with van der Waals surface area (Å²) in [6.45, 7) is 10.2. The first-order valence-electron chi connectivity index (χ1n) is 9.96. The highest BCUT2D eigenvalue weighted by molar-refractivity contribution is 7.99. The second-order valence-corrected chi connectivity index (χ2v) is 9.40. The number of nitrogens with zero attached hydrogens (tertiary/aromatic N) is 1. The average Bonchev–Trinajstić information content (AvgIpc) is 2.65. The number of ether oxygens (including phenoxy) is 1. The lowest BCUT2D eigenvalue weighted by atomic mass is 9.87. The van der Waals surface area contributed by atoms with Crippen molar-refractivity contribution in [1.82, 2.24) is 4.90 Å². The van der Waals surface area contributed by atoms with Gasteiger partial charge in [-0.05, 0) is 55.6 Å². The standard InChI is InChI=1S/C24H33NO2S/c1-6-27-23(26)18-25(5)17-16-22(19-10-8-7-9-11-19)28-21-14-12-20(13-15-21)24(2,3)4/h7-15,22H,6,16-18H2,1-5H3. The molecule has 0 fully saturated rings. The normalized spacial score (nSPS) is 12.8. The van der Waals surface area contributed by atoms with E-state index in [1.807, 2.05) is 30.6 Å². The molecule has 0 saturated carbocycles. The third-order valence-corrected chi connectivity index (χ3v) is 5.98. The van der Waals surface area contributed by atoms with Gasteiger partial charge in [0, 0.05) is 10.1 Å². The molecule has 0 amide bonds. The van der Waals surface area contributed by atoms with Gasteiger partial charge in [0.1, 0.15) is 0 Å². The molecule has 2 aromatic carbocycles. The molecular weight excluding hydrogens is 366 g/mol. The van der Waals surface area contributed by atoms with E-state index < -0.39 is 0 Å². The van der Waals surface area contributed by atoms with Gasteiger partial charge in [-0.1, -0.05) is 63.2 Å². The van der Waals surface area contributed by atoms with E-state index >= 15 is 0 Å². The monoisotopic (exact) mass is 399 g/mol. The number of hydrogen-bond acceptors (Lipinski definition) is 4. The van der Waals surface area contributed by atoms with Crippen molar-refractivity contribution in [2.75, 3.05) is 26.7 Å². The lowest BCUT2D eigenvalue weighted by molar-refractivity contribution is -0.144. The van der Waals surface area contributed by atoms with E-state index in [1.54, 1.807) is 0 Å². The van der Waals surface area contributed by atoms with Crippen molar-refractivity contribution in [2.45, 2.75) is 49.7 Å².